The van der Waals surface area contributed by atoms with Gasteiger partial charge in [0.05, 0.1) is 0 Å². The lowest BCUT2D eigenvalue weighted by molar-refractivity contribution is -0.139. The molecular formula is C16H22FN3O2S. The third-order valence-corrected chi connectivity index (χ3v) is 4.64. The fourth-order valence-corrected chi connectivity index (χ4v) is 3.18. The van der Waals surface area contributed by atoms with Gasteiger partial charge in [-0.15, -0.1) is 0 Å². The lowest BCUT2D eigenvalue weighted by Crippen LogP contribution is -2.48. The number of carbonyl (C=O) groups excluding carboxylic acids is 2. The standard InChI is InChI=1S/C16H22FN3O2S/c17-14-4-2-1-3-12(14)11-23-10-9-19-15(21)16(22)20-13-5-7-18-8-6-13/h1-4,13,18H,5-11H2,(H,19,21)(H,20,22). The second-order valence-corrected chi connectivity index (χ2v) is 6.50. The Hall–Kier alpha value is -1.60. The van der Waals surface area contributed by atoms with Gasteiger partial charge in [0.25, 0.3) is 0 Å². The molecule has 1 saturated heterocycles. The van der Waals surface area contributed by atoms with Crippen molar-refractivity contribution in [1.82, 2.24) is 16.0 Å². The van der Waals surface area contributed by atoms with Crippen molar-refractivity contribution in [3.8, 4) is 0 Å². The van der Waals surface area contributed by atoms with E-state index in [1.165, 1.54) is 17.8 Å². The van der Waals surface area contributed by atoms with Crippen molar-refractivity contribution in [2.24, 2.45) is 0 Å². The van der Waals surface area contributed by atoms with E-state index in [2.05, 4.69) is 16.0 Å². The van der Waals surface area contributed by atoms with E-state index in [9.17, 15) is 14.0 Å². The molecule has 0 bridgehead atoms. The number of hydrogen-bond acceptors (Lipinski definition) is 4. The maximum Gasteiger partial charge on any atom is 0.309 e. The molecule has 126 valence electrons. The molecule has 0 spiro atoms. The number of nitrogens with one attached hydrogen (secondary N) is 3. The van der Waals surface area contributed by atoms with Crippen LogP contribution in [-0.2, 0) is 15.3 Å². The van der Waals surface area contributed by atoms with Gasteiger partial charge in [-0.05, 0) is 37.6 Å². The van der Waals surface area contributed by atoms with Crippen molar-refractivity contribution < 1.29 is 14.0 Å². The van der Waals surface area contributed by atoms with Crippen molar-refractivity contribution in [2.75, 3.05) is 25.4 Å². The Labute approximate surface area is 139 Å². The van der Waals surface area contributed by atoms with Crippen molar-refractivity contribution >= 4 is 23.6 Å². The van der Waals surface area contributed by atoms with Gasteiger partial charge in [0.15, 0.2) is 0 Å². The summed E-state index contributed by atoms with van der Waals surface area (Å²) in [6.07, 6.45) is 1.69. The van der Waals surface area contributed by atoms with E-state index in [1.54, 1.807) is 18.2 Å². The van der Waals surface area contributed by atoms with Gasteiger partial charge < -0.3 is 16.0 Å². The average Bonchev–Trinajstić information content (AvgIpc) is 2.57. The molecule has 23 heavy (non-hydrogen) atoms. The number of hydrogen-bond donors (Lipinski definition) is 3. The number of amides is 2. The number of piperidine rings is 1. The smallest absolute Gasteiger partial charge is 0.309 e. The van der Waals surface area contributed by atoms with Gasteiger partial charge >= 0.3 is 11.8 Å². The first-order valence-corrected chi connectivity index (χ1v) is 8.93. The van der Waals surface area contributed by atoms with Crippen LogP contribution in [0, 0.1) is 5.82 Å². The Bertz CT molecular complexity index is 536. The van der Waals surface area contributed by atoms with Gasteiger partial charge in [0.2, 0.25) is 0 Å². The van der Waals surface area contributed by atoms with Gasteiger partial charge in [-0.2, -0.15) is 11.8 Å². The molecule has 2 amide bonds. The SMILES string of the molecule is O=C(NCCSCc1ccccc1F)C(=O)NC1CCNCC1. The lowest BCUT2D eigenvalue weighted by Gasteiger charge is -2.23. The monoisotopic (exact) mass is 339 g/mol. The van der Waals surface area contributed by atoms with Crippen LogP contribution in [0.15, 0.2) is 24.3 Å². The number of rotatable bonds is 6. The Kier molecular flexibility index (Phi) is 7.35. The average molecular weight is 339 g/mol. The van der Waals surface area contributed by atoms with Gasteiger partial charge in [-0.1, -0.05) is 18.2 Å². The van der Waals surface area contributed by atoms with E-state index in [-0.39, 0.29) is 11.9 Å². The first kappa shape index (κ1) is 17.7. The predicted octanol–water partition coefficient (Wildman–Crippen LogP) is 1.04. The van der Waals surface area contributed by atoms with Crippen molar-refractivity contribution in [2.45, 2.75) is 24.6 Å². The molecule has 1 heterocycles. The first-order valence-electron chi connectivity index (χ1n) is 7.77. The second kappa shape index (κ2) is 9.52. The molecule has 2 rings (SSSR count). The van der Waals surface area contributed by atoms with E-state index in [0.29, 0.717) is 23.6 Å². The zero-order valence-corrected chi connectivity index (χ0v) is 13.8. The van der Waals surface area contributed by atoms with Crippen LogP contribution >= 0.6 is 11.8 Å². The Balaban J connectivity index is 1.59. The Morgan fingerprint density at radius 1 is 1.22 bits per heavy atom. The molecular weight excluding hydrogens is 317 g/mol. The lowest BCUT2D eigenvalue weighted by atomic mass is 10.1. The zero-order valence-electron chi connectivity index (χ0n) is 12.9. The topological polar surface area (TPSA) is 70.2 Å². The summed E-state index contributed by atoms with van der Waals surface area (Å²) in [6, 6.07) is 6.71. The molecule has 1 aliphatic heterocycles. The minimum Gasteiger partial charge on any atom is -0.347 e. The normalized spacial score (nSPS) is 15.2. The highest BCUT2D eigenvalue weighted by molar-refractivity contribution is 7.98. The fraction of sp³-hybridized carbons (Fsp3) is 0.500. The first-order chi connectivity index (χ1) is 11.2. The highest BCUT2D eigenvalue weighted by atomic mass is 32.2. The summed E-state index contributed by atoms with van der Waals surface area (Å²) >= 11 is 1.52. The van der Waals surface area contributed by atoms with Crippen molar-refractivity contribution in [3.63, 3.8) is 0 Å². The zero-order chi connectivity index (χ0) is 16.5. The van der Waals surface area contributed by atoms with Crippen LogP contribution in [0.4, 0.5) is 4.39 Å². The molecule has 1 aromatic rings. The summed E-state index contributed by atoms with van der Waals surface area (Å²) in [5, 5.41) is 8.54. The number of halogens is 1. The molecule has 5 nitrogen and oxygen atoms in total. The van der Waals surface area contributed by atoms with E-state index < -0.39 is 11.8 Å². The highest BCUT2D eigenvalue weighted by Gasteiger charge is 2.19. The van der Waals surface area contributed by atoms with Gasteiger partial charge in [0, 0.05) is 24.1 Å². The van der Waals surface area contributed by atoms with Crippen molar-refractivity contribution in [1.29, 1.82) is 0 Å². The summed E-state index contributed by atoms with van der Waals surface area (Å²) < 4.78 is 13.4. The van der Waals surface area contributed by atoms with E-state index >= 15 is 0 Å². The summed E-state index contributed by atoms with van der Waals surface area (Å²) in [4.78, 5) is 23.4. The largest absolute Gasteiger partial charge is 0.347 e. The third kappa shape index (κ3) is 6.19. The second-order valence-electron chi connectivity index (χ2n) is 5.40. The molecule has 0 unspecified atom stereocenters. The molecule has 0 atom stereocenters. The number of thioether (sulfide) groups is 1. The van der Waals surface area contributed by atoms with Gasteiger partial charge in [-0.25, -0.2) is 4.39 Å². The number of carbonyl (C=O) groups is 2. The molecule has 3 N–H and O–H groups in total. The summed E-state index contributed by atoms with van der Waals surface area (Å²) in [7, 11) is 0. The van der Waals surface area contributed by atoms with Crippen LogP contribution in [0.25, 0.3) is 0 Å². The maximum absolute atomic E-state index is 13.4. The van der Waals surface area contributed by atoms with E-state index in [0.717, 1.165) is 25.9 Å². The quantitative estimate of drug-likeness (QED) is 0.535. The van der Waals surface area contributed by atoms with Gasteiger partial charge in [0.1, 0.15) is 5.82 Å². The van der Waals surface area contributed by atoms with Crippen LogP contribution in [0.2, 0.25) is 0 Å². The van der Waals surface area contributed by atoms with Crippen molar-refractivity contribution in [3.05, 3.63) is 35.6 Å². The van der Waals surface area contributed by atoms with Crippen LogP contribution in [-0.4, -0.2) is 43.2 Å². The maximum atomic E-state index is 13.4. The third-order valence-electron chi connectivity index (χ3n) is 3.63. The summed E-state index contributed by atoms with van der Waals surface area (Å²) in [6.45, 7) is 2.11. The molecule has 1 fully saturated rings. The minimum absolute atomic E-state index is 0.0740. The van der Waals surface area contributed by atoms with Crippen LogP contribution in [0.5, 0.6) is 0 Å². The molecule has 0 aliphatic carbocycles. The fourth-order valence-electron chi connectivity index (χ4n) is 2.33. The summed E-state index contributed by atoms with van der Waals surface area (Å²) in [5.74, 6) is -0.221. The van der Waals surface area contributed by atoms with Crippen LogP contribution in [0.1, 0.15) is 18.4 Å². The summed E-state index contributed by atoms with van der Waals surface area (Å²) in [5.41, 5.74) is 0.646. The van der Waals surface area contributed by atoms with Crippen LogP contribution in [0.3, 0.4) is 0 Å². The molecule has 1 aromatic carbocycles. The molecule has 1 aliphatic rings. The predicted molar refractivity (Wildman–Crippen MR) is 89.6 cm³/mol. The van der Waals surface area contributed by atoms with Gasteiger partial charge in [-0.3, -0.25) is 9.59 Å². The van der Waals surface area contributed by atoms with E-state index in [1.807, 2.05) is 0 Å². The van der Waals surface area contributed by atoms with E-state index in [4.69, 9.17) is 0 Å². The molecule has 0 saturated carbocycles. The molecule has 0 aromatic heterocycles. The molecule has 0 radical (unpaired) electrons. The number of benzene rings is 1. The van der Waals surface area contributed by atoms with Crippen LogP contribution < -0.4 is 16.0 Å². The minimum atomic E-state index is -0.602. The Morgan fingerprint density at radius 2 is 1.96 bits per heavy atom. The Morgan fingerprint density at radius 3 is 2.70 bits per heavy atom. The highest BCUT2D eigenvalue weighted by Crippen LogP contribution is 2.14. The molecule has 7 heteroatoms.